The summed E-state index contributed by atoms with van der Waals surface area (Å²) < 4.78 is 0. The first-order valence-corrected chi connectivity index (χ1v) is 3.62. The van der Waals surface area contributed by atoms with Crippen LogP contribution in [0, 0.1) is 0 Å². The van der Waals surface area contributed by atoms with Crippen molar-refractivity contribution in [2.75, 3.05) is 7.05 Å². The number of benzene rings is 1. The first-order chi connectivity index (χ1) is 5.86. The zero-order chi connectivity index (χ0) is 8.81. The van der Waals surface area contributed by atoms with Crippen molar-refractivity contribution in [2.24, 2.45) is 15.9 Å². The Labute approximate surface area is 71.6 Å². The molecule has 62 valence electrons. The van der Waals surface area contributed by atoms with Crippen LogP contribution in [0.1, 0.15) is 11.1 Å². The molecule has 0 spiro atoms. The summed E-state index contributed by atoms with van der Waals surface area (Å²) >= 11 is 0. The van der Waals surface area contributed by atoms with E-state index in [2.05, 4.69) is 10.1 Å². The van der Waals surface area contributed by atoms with E-state index in [1.807, 2.05) is 24.3 Å². The van der Waals surface area contributed by atoms with E-state index in [4.69, 9.17) is 5.84 Å². The van der Waals surface area contributed by atoms with Gasteiger partial charge >= 0.3 is 0 Å². The number of nitrogens with zero attached hydrogens (tertiary/aromatic N) is 2. The van der Waals surface area contributed by atoms with Gasteiger partial charge in [0.1, 0.15) is 0 Å². The molecule has 0 atom stereocenters. The van der Waals surface area contributed by atoms with E-state index in [0.717, 1.165) is 11.1 Å². The molecule has 1 aromatic rings. The molecule has 3 heteroatoms. The Hall–Kier alpha value is -1.64. The molecule has 0 aromatic heterocycles. The summed E-state index contributed by atoms with van der Waals surface area (Å²) in [5.41, 5.74) is 2.07. The molecule has 3 nitrogen and oxygen atoms in total. The Balaban J connectivity index is 2.85. The predicted octanol–water partition coefficient (Wildman–Crippen LogP) is 1.03. The van der Waals surface area contributed by atoms with E-state index in [0.29, 0.717) is 0 Å². The lowest BCUT2D eigenvalue weighted by molar-refractivity contribution is 1.26. The fraction of sp³-hybridized carbons (Fsp3) is 0.111. The zero-order valence-electron chi connectivity index (χ0n) is 6.94. The van der Waals surface area contributed by atoms with Gasteiger partial charge in [0.05, 0.1) is 6.21 Å². The van der Waals surface area contributed by atoms with Crippen molar-refractivity contribution in [2.45, 2.75) is 0 Å². The van der Waals surface area contributed by atoms with Gasteiger partial charge in [-0.25, -0.2) is 0 Å². The highest BCUT2D eigenvalue weighted by Gasteiger charge is 1.87. The molecule has 1 aromatic carbocycles. The van der Waals surface area contributed by atoms with Crippen molar-refractivity contribution in [3.8, 4) is 0 Å². The molecule has 0 fully saturated rings. The minimum atomic E-state index is 0.991. The zero-order valence-corrected chi connectivity index (χ0v) is 6.94. The van der Waals surface area contributed by atoms with Crippen molar-refractivity contribution in [3.63, 3.8) is 0 Å². The normalized spacial score (nSPS) is 11.4. The van der Waals surface area contributed by atoms with Crippen LogP contribution in [-0.2, 0) is 0 Å². The van der Waals surface area contributed by atoms with E-state index < -0.39 is 0 Å². The van der Waals surface area contributed by atoms with Gasteiger partial charge in [-0.1, -0.05) is 24.3 Å². The van der Waals surface area contributed by atoms with Gasteiger partial charge in [0.2, 0.25) is 0 Å². The lowest BCUT2D eigenvalue weighted by atomic mass is 10.2. The van der Waals surface area contributed by atoms with Gasteiger partial charge in [-0.3, -0.25) is 4.99 Å². The standard InChI is InChI=1S/C9H11N3/c1-11-6-8-2-4-9(5-3-8)7-12-10/h2-7H,10H2,1H3/b11-6?,12-7+. The summed E-state index contributed by atoms with van der Waals surface area (Å²) in [6.45, 7) is 0. The summed E-state index contributed by atoms with van der Waals surface area (Å²) in [5.74, 6) is 5.00. The molecule has 0 aliphatic carbocycles. The minimum Gasteiger partial charge on any atom is -0.323 e. The third-order valence-corrected chi connectivity index (χ3v) is 1.44. The second-order valence-corrected chi connectivity index (χ2v) is 2.33. The Morgan fingerprint density at radius 3 is 2.00 bits per heavy atom. The highest BCUT2D eigenvalue weighted by atomic mass is 15.1. The summed E-state index contributed by atoms with van der Waals surface area (Å²) in [6.07, 6.45) is 3.40. The second kappa shape index (κ2) is 4.28. The Morgan fingerprint density at radius 2 is 1.58 bits per heavy atom. The smallest absolute Gasteiger partial charge is 0.0538 e. The molecular formula is C9H11N3. The number of hydrogen-bond acceptors (Lipinski definition) is 3. The predicted molar refractivity (Wildman–Crippen MR) is 51.7 cm³/mol. The molecule has 0 aliphatic heterocycles. The van der Waals surface area contributed by atoms with Crippen molar-refractivity contribution in [3.05, 3.63) is 35.4 Å². The molecule has 0 aliphatic rings. The lowest BCUT2D eigenvalue weighted by Gasteiger charge is -1.93. The summed E-state index contributed by atoms with van der Waals surface area (Å²) in [7, 11) is 1.75. The summed E-state index contributed by atoms with van der Waals surface area (Å²) in [4.78, 5) is 3.90. The van der Waals surface area contributed by atoms with Crippen molar-refractivity contribution in [1.29, 1.82) is 0 Å². The maximum absolute atomic E-state index is 5.00. The molecule has 0 saturated carbocycles. The van der Waals surface area contributed by atoms with E-state index in [-0.39, 0.29) is 0 Å². The summed E-state index contributed by atoms with van der Waals surface area (Å²) in [6, 6.07) is 7.80. The maximum atomic E-state index is 5.00. The number of nitrogens with two attached hydrogens (primary N) is 1. The van der Waals surface area contributed by atoms with Gasteiger partial charge in [0, 0.05) is 13.3 Å². The van der Waals surface area contributed by atoms with Crippen LogP contribution in [0.2, 0.25) is 0 Å². The Kier molecular flexibility index (Phi) is 3.02. The third-order valence-electron chi connectivity index (χ3n) is 1.44. The molecule has 0 bridgehead atoms. The van der Waals surface area contributed by atoms with E-state index >= 15 is 0 Å². The first-order valence-electron chi connectivity index (χ1n) is 3.62. The van der Waals surface area contributed by atoms with Crippen molar-refractivity contribution in [1.82, 2.24) is 0 Å². The lowest BCUT2D eigenvalue weighted by Crippen LogP contribution is -1.87. The SMILES string of the molecule is CN=Cc1ccc(/C=N/N)cc1. The van der Waals surface area contributed by atoms with Crippen LogP contribution < -0.4 is 5.84 Å². The topological polar surface area (TPSA) is 50.7 Å². The van der Waals surface area contributed by atoms with Gasteiger partial charge in [0.15, 0.2) is 0 Å². The van der Waals surface area contributed by atoms with Crippen LogP contribution >= 0.6 is 0 Å². The molecule has 0 radical (unpaired) electrons. The number of rotatable bonds is 2. The number of aliphatic imine (C=N–C) groups is 1. The number of hydrogen-bond donors (Lipinski definition) is 1. The largest absolute Gasteiger partial charge is 0.323 e. The minimum absolute atomic E-state index is 0.991. The Bertz CT molecular complexity index is 254. The van der Waals surface area contributed by atoms with E-state index in [9.17, 15) is 0 Å². The van der Waals surface area contributed by atoms with E-state index in [1.165, 1.54) is 0 Å². The number of hydrazone groups is 1. The van der Waals surface area contributed by atoms with Crippen molar-refractivity contribution < 1.29 is 0 Å². The summed E-state index contributed by atoms with van der Waals surface area (Å²) in [5, 5.41) is 3.42. The van der Waals surface area contributed by atoms with Crippen LogP contribution in [0.25, 0.3) is 0 Å². The highest BCUT2D eigenvalue weighted by Crippen LogP contribution is 1.99. The van der Waals surface area contributed by atoms with Crippen LogP contribution in [-0.4, -0.2) is 19.5 Å². The molecule has 12 heavy (non-hydrogen) atoms. The second-order valence-electron chi connectivity index (χ2n) is 2.33. The van der Waals surface area contributed by atoms with Crippen LogP contribution in [0.15, 0.2) is 34.4 Å². The monoisotopic (exact) mass is 161 g/mol. The molecule has 0 unspecified atom stereocenters. The van der Waals surface area contributed by atoms with Crippen LogP contribution in [0.5, 0.6) is 0 Å². The molecular weight excluding hydrogens is 150 g/mol. The molecule has 0 saturated heterocycles. The average Bonchev–Trinajstić information content (AvgIpc) is 2.09. The quantitative estimate of drug-likeness (QED) is 0.393. The third kappa shape index (κ3) is 2.20. The maximum Gasteiger partial charge on any atom is 0.0538 e. The average molecular weight is 161 g/mol. The van der Waals surface area contributed by atoms with Gasteiger partial charge in [-0.05, 0) is 11.1 Å². The molecule has 1 rings (SSSR count). The highest BCUT2D eigenvalue weighted by molar-refractivity contribution is 5.83. The molecule has 0 heterocycles. The first kappa shape index (κ1) is 8.46. The van der Waals surface area contributed by atoms with E-state index in [1.54, 1.807) is 19.5 Å². The van der Waals surface area contributed by atoms with Gasteiger partial charge in [-0.15, -0.1) is 0 Å². The fourth-order valence-corrected chi connectivity index (χ4v) is 0.903. The molecule has 0 amide bonds. The van der Waals surface area contributed by atoms with Crippen molar-refractivity contribution >= 4 is 12.4 Å². The van der Waals surface area contributed by atoms with Crippen LogP contribution in [0.3, 0.4) is 0 Å². The van der Waals surface area contributed by atoms with Gasteiger partial charge in [0.25, 0.3) is 0 Å². The van der Waals surface area contributed by atoms with Crippen LogP contribution in [0.4, 0.5) is 0 Å². The molecule has 2 N–H and O–H groups in total. The van der Waals surface area contributed by atoms with Gasteiger partial charge in [-0.2, -0.15) is 5.10 Å². The Morgan fingerprint density at radius 1 is 1.08 bits per heavy atom. The fourth-order valence-electron chi connectivity index (χ4n) is 0.903. The van der Waals surface area contributed by atoms with Gasteiger partial charge < -0.3 is 5.84 Å².